The standard InChI is InChI=1S/C27H28N2O/c30-26(25(21-9-3-1-4-10-21)22-11-5-2-6-12-22)29-19-23-13-7-8-14-24(23)27(20-29)15-17-28-18-16-27/h1-14,25,28H,15-20H2. The van der Waals surface area contributed by atoms with Gasteiger partial charge in [0.15, 0.2) is 0 Å². The lowest BCUT2D eigenvalue weighted by molar-refractivity contribution is -0.134. The molecule has 0 aromatic heterocycles. The Morgan fingerprint density at radius 2 is 1.37 bits per heavy atom. The Morgan fingerprint density at radius 1 is 0.800 bits per heavy atom. The monoisotopic (exact) mass is 396 g/mol. The molecule has 0 radical (unpaired) electrons. The molecule has 3 aromatic rings. The van der Waals surface area contributed by atoms with E-state index in [0.717, 1.165) is 43.6 Å². The minimum absolute atomic E-state index is 0.0632. The molecule has 1 N–H and O–H groups in total. The van der Waals surface area contributed by atoms with Gasteiger partial charge in [-0.1, -0.05) is 84.9 Å². The van der Waals surface area contributed by atoms with E-state index in [-0.39, 0.29) is 17.2 Å². The van der Waals surface area contributed by atoms with E-state index in [4.69, 9.17) is 0 Å². The third-order valence-corrected chi connectivity index (χ3v) is 6.83. The van der Waals surface area contributed by atoms with Crippen molar-refractivity contribution in [2.24, 2.45) is 0 Å². The van der Waals surface area contributed by atoms with Gasteiger partial charge in [0.25, 0.3) is 0 Å². The summed E-state index contributed by atoms with van der Waals surface area (Å²) in [6, 6.07) is 29.2. The van der Waals surface area contributed by atoms with Crippen molar-refractivity contribution in [3.63, 3.8) is 0 Å². The van der Waals surface area contributed by atoms with Gasteiger partial charge in [0.05, 0.1) is 5.92 Å². The van der Waals surface area contributed by atoms with E-state index < -0.39 is 0 Å². The van der Waals surface area contributed by atoms with Gasteiger partial charge in [0, 0.05) is 18.5 Å². The van der Waals surface area contributed by atoms with Gasteiger partial charge in [-0.2, -0.15) is 0 Å². The van der Waals surface area contributed by atoms with Crippen LogP contribution in [0.5, 0.6) is 0 Å². The number of hydrogen-bond acceptors (Lipinski definition) is 2. The van der Waals surface area contributed by atoms with Gasteiger partial charge in [-0.25, -0.2) is 0 Å². The van der Waals surface area contributed by atoms with E-state index in [1.54, 1.807) is 0 Å². The van der Waals surface area contributed by atoms with Crippen LogP contribution in [0, 0.1) is 0 Å². The van der Waals surface area contributed by atoms with Gasteiger partial charge in [0.2, 0.25) is 5.91 Å². The van der Waals surface area contributed by atoms with E-state index in [9.17, 15) is 4.79 Å². The van der Waals surface area contributed by atoms with Gasteiger partial charge in [-0.05, 0) is 48.2 Å². The number of piperidine rings is 1. The average Bonchev–Trinajstić information content (AvgIpc) is 2.81. The minimum Gasteiger partial charge on any atom is -0.337 e. The van der Waals surface area contributed by atoms with Crippen molar-refractivity contribution in [1.29, 1.82) is 0 Å². The van der Waals surface area contributed by atoms with Crippen LogP contribution >= 0.6 is 0 Å². The van der Waals surface area contributed by atoms with E-state index in [0.29, 0.717) is 6.54 Å². The number of nitrogens with one attached hydrogen (secondary N) is 1. The van der Waals surface area contributed by atoms with Crippen LogP contribution in [0.25, 0.3) is 0 Å². The summed E-state index contributed by atoms with van der Waals surface area (Å²) < 4.78 is 0. The number of hydrogen-bond donors (Lipinski definition) is 1. The van der Waals surface area contributed by atoms with Gasteiger partial charge < -0.3 is 10.2 Å². The Hall–Kier alpha value is -2.91. The van der Waals surface area contributed by atoms with Crippen LogP contribution < -0.4 is 5.32 Å². The van der Waals surface area contributed by atoms with Crippen molar-refractivity contribution < 1.29 is 4.79 Å². The Bertz CT molecular complexity index is 970. The average molecular weight is 397 g/mol. The first-order valence-electron chi connectivity index (χ1n) is 10.9. The van der Waals surface area contributed by atoms with Gasteiger partial charge in [-0.3, -0.25) is 4.79 Å². The summed E-state index contributed by atoms with van der Waals surface area (Å²) in [4.78, 5) is 16.2. The Balaban J connectivity index is 1.54. The third kappa shape index (κ3) is 3.44. The van der Waals surface area contributed by atoms with Crippen molar-refractivity contribution in [1.82, 2.24) is 10.2 Å². The second kappa shape index (κ2) is 8.08. The van der Waals surface area contributed by atoms with Gasteiger partial charge in [0.1, 0.15) is 0 Å². The fourth-order valence-corrected chi connectivity index (χ4v) is 5.33. The minimum atomic E-state index is -0.267. The van der Waals surface area contributed by atoms with Crippen molar-refractivity contribution in [2.45, 2.75) is 30.7 Å². The topological polar surface area (TPSA) is 32.3 Å². The molecule has 3 aromatic carbocycles. The smallest absolute Gasteiger partial charge is 0.234 e. The summed E-state index contributed by atoms with van der Waals surface area (Å²) in [7, 11) is 0. The zero-order valence-corrected chi connectivity index (χ0v) is 17.3. The highest BCUT2D eigenvalue weighted by molar-refractivity contribution is 5.87. The molecule has 2 heterocycles. The van der Waals surface area contributed by atoms with E-state index >= 15 is 0 Å². The Labute approximate surface area is 178 Å². The van der Waals surface area contributed by atoms with Crippen LogP contribution in [-0.2, 0) is 16.8 Å². The molecule has 5 rings (SSSR count). The lowest BCUT2D eigenvalue weighted by Gasteiger charge is -2.47. The first-order chi connectivity index (χ1) is 14.8. The largest absolute Gasteiger partial charge is 0.337 e. The van der Waals surface area contributed by atoms with Gasteiger partial charge >= 0.3 is 0 Å². The molecule has 0 saturated carbocycles. The van der Waals surface area contributed by atoms with Crippen LogP contribution in [0.15, 0.2) is 84.9 Å². The summed E-state index contributed by atoms with van der Waals surface area (Å²) in [6.07, 6.45) is 2.16. The number of carbonyl (C=O) groups excluding carboxylic acids is 1. The number of amides is 1. The van der Waals surface area contributed by atoms with Crippen LogP contribution in [0.1, 0.15) is 41.0 Å². The molecule has 3 heteroatoms. The lowest BCUT2D eigenvalue weighted by Crippen LogP contribution is -2.53. The molecule has 0 unspecified atom stereocenters. The number of rotatable bonds is 3. The molecule has 0 bridgehead atoms. The molecule has 1 spiro atoms. The third-order valence-electron chi connectivity index (χ3n) is 6.83. The quantitative estimate of drug-likeness (QED) is 0.708. The van der Waals surface area contributed by atoms with E-state index in [2.05, 4.69) is 58.7 Å². The molecular weight excluding hydrogens is 368 g/mol. The van der Waals surface area contributed by atoms with Gasteiger partial charge in [-0.15, -0.1) is 0 Å². The number of benzene rings is 3. The van der Waals surface area contributed by atoms with Crippen molar-refractivity contribution in [3.05, 3.63) is 107 Å². The lowest BCUT2D eigenvalue weighted by atomic mass is 9.69. The first kappa shape index (κ1) is 19.1. The van der Waals surface area contributed by atoms with Crippen LogP contribution in [-0.4, -0.2) is 30.4 Å². The summed E-state index contributed by atoms with van der Waals surface area (Å²) in [5.74, 6) is -0.0590. The second-order valence-corrected chi connectivity index (χ2v) is 8.64. The predicted molar refractivity (Wildman–Crippen MR) is 120 cm³/mol. The highest BCUT2D eigenvalue weighted by Gasteiger charge is 2.43. The Kier molecular flexibility index (Phi) is 5.14. The fourth-order valence-electron chi connectivity index (χ4n) is 5.33. The maximum Gasteiger partial charge on any atom is 0.234 e. The van der Waals surface area contributed by atoms with Crippen molar-refractivity contribution >= 4 is 5.91 Å². The van der Waals surface area contributed by atoms with Crippen molar-refractivity contribution in [2.75, 3.05) is 19.6 Å². The fraction of sp³-hybridized carbons (Fsp3) is 0.296. The molecule has 3 nitrogen and oxygen atoms in total. The molecular formula is C27H28N2O. The molecule has 30 heavy (non-hydrogen) atoms. The molecule has 2 aliphatic rings. The van der Waals surface area contributed by atoms with Crippen molar-refractivity contribution in [3.8, 4) is 0 Å². The molecule has 1 saturated heterocycles. The van der Waals surface area contributed by atoms with E-state index in [1.165, 1.54) is 11.1 Å². The first-order valence-corrected chi connectivity index (χ1v) is 10.9. The summed E-state index contributed by atoms with van der Waals surface area (Å²) in [5.41, 5.74) is 4.94. The maximum absolute atomic E-state index is 14.0. The zero-order valence-electron chi connectivity index (χ0n) is 17.3. The summed E-state index contributed by atoms with van der Waals surface area (Å²) in [6.45, 7) is 3.52. The summed E-state index contributed by atoms with van der Waals surface area (Å²) in [5, 5.41) is 3.50. The molecule has 152 valence electrons. The van der Waals surface area contributed by atoms with Crippen LogP contribution in [0.2, 0.25) is 0 Å². The molecule has 0 aliphatic carbocycles. The number of carbonyl (C=O) groups is 1. The maximum atomic E-state index is 14.0. The highest BCUT2D eigenvalue weighted by Crippen LogP contribution is 2.41. The molecule has 1 amide bonds. The SMILES string of the molecule is O=C(C(c1ccccc1)c1ccccc1)N1Cc2ccccc2C2(CCNCC2)C1. The molecule has 1 fully saturated rings. The zero-order chi connectivity index (χ0) is 20.4. The second-order valence-electron chi connectivity index (χ2n) is 8.64. The highest BCUT2D eigenvalue weighted by atomic mass is 16.2. The summed E-state index contributed by atoms with van der Waals surface area (Å²) >= 11 is 0. The predicted octanol–water partition coefficient (Wildman–Crippen LogP) is 4.48. The molecule has 0 atom stereocenters. The van der Waals surface area contributed by atoms with Crippen LogP contribution in [0.3, 0.4) is 0 Å². The number of fused-ring (bicyclic) bond motifs is 2. The normalized spacial score (nSPS) is 17.7. The molecule has 2 aliphatic heterocycles. The van der Waals surface area contributed by atoms with E-state index in [1.807, 2.05) is 36.4 Å². The Morgan fingerprint density at radius 3 is 2.00 bits per heavy atom. The van der Waals surface area contributed by atoms with Crippen LogP contribution in [0.4, 0.5) is 0 Å². The number of nitrogens with zero attached hydrogens (tertiary/aromatic N) is 1.